The Morgan fingerprint density at radius 3 is 2.57 bits per heavy atom. The van der Waals surface area contributed by atoms with E-state index in [-0.39, 0.29) is 0 Å². The van der Waals surface area contributed by atoms with Gasteiger partial charge in [-0.15, -0.1) is 0 Å². The predicted molar refractivity (Wildman–Crippen MR) is 54.4 cm³/mol. The Hall–Kier alpha value is -0.790. The summed E-state index contributed by atoms with van der Waals surface area (Å²) >= 11 is 0. The van der Waals surface area contributed by atoms with Crippen molar-refractivity contribution in [3.63, 3.8) is 0 Å². The molecule has 2 atom stereocenters. The second-order valence-corrected chi connectivity index (χ2v) is 5.35. The molecule has 0 amide bonds. The number of carboxylic acid groups (broad SMARTS) is 1. The fourth-order valence-electron chi connectivity index (χ4n) is 2.78. The highest BCUT2D eigenvalue weighted by molar-refractivity contribution is 5.77. The maximum atomic E-state index is 10.3. The molecule has 80 valence electrons. The van der Waals surface area contributed by atoms with Crippen molar-refractivity contribution in [2.45, 2.75) is 40.0 Å². The lowest BCUT2D eigenvalue weighted by atomic mass is 9.68. The zero-order chi connectivity index (χ0) is 10.8. The van der Waals surface area contributed by atoms with Gasteiger partial charge in [-0.05, 0) is 42.6 Å². The van der Waals surface area contributed by atoms with Crippen LogP contribution in [0.4, 0.5) is 0 Å². The summed E-state index contributed by atoms with van der Waals surface area (Å²) in [4.78, 5) is 10.3. The SMILES string of the molecule is CC1CC(/C=C/C(=O)[O-])CC(C)(C)C1. The van der Waals surface area contributed by atoms with E-state index in [4.69, 9.17) is 0 Å². The van der Waals surface area contributed by atoms with E-state index >= 15 is 0 Å². The fraction of sp³-hybridized carbons (Fsp3) is 0.750. The molecule has 1 aliphatic rings. The summed E-state index contributed by atoms with van der Waals surface area (Å²) in [5.41, 5.74) is 0.346. The molecule has 14 heavy (non-hydrogen) atoms. The van der Waals surface area contributed by atoms with Gasteiger partial charge in [0.25, 0.3) is 0 Å². The maximum absolute atomic E-state index is 10.3. The van der Waals surface area contributed by atoms with Gasteiger partial charge in [0, 0.05) is 0 Å². The molecule has 2 unspecified atom stereocenters. The topological polar surface area (TPSA) is 40.1 Å². The number of hydrogen-bond donors (Lipinski definition) is 0. The molecule has 1 saturated carbocycles. The highest BCUT2D eigenvalue weighted by Crippen LogP contribution is 2.41. The van der Waals surface area contributed by atoms with Gasteiger partial charge in [0.15, 0.2) is 0 Å². The molecule has 0 heterocycles. The van der Waals surface area contributed by atoms with Crippen molar-refractivity contribution in [3.8, 4) is 0 Å². The van der Waals surface area contributed by atoms with Gasteiger partial charge in [-0.3, -0.25) is 0 Å². The molecule has 0 N–H and O–H groups in total. The van der Waals surface area contributed by atoms with Crippen LogP contribution in [0.1, 0.15) is 40.0 Å². The number of rotatable bonds is 2. The fourth-order valence-corrected chi connectivity index (χ4v) is 2.78. The van der Waals surface area contributed by atoms with Gasteiger partial charge in [-0.25, -0.2) is 0 Å². The summed E-state index contributed by atoms with van der Waals surface area (Å²) < 4.78 is 0. The van der Waals surface area contributed by atoms with E-state index in [9.17, 15) is 9.90 Å². The van der Waals surface area contributed by atoms with Gasteiger partial charge < -0.3 is 9.90 Å². The smallest absolute Gasteiger partial charge is 0.0639 e. The second-order valence-electron chi connectivity index (χ2n) is 5.35. The Balaban J connectivity index is 2.58. The highest BCUT2D eigenvalue weighted by atomic mass is 16.4. The quantitative estimate of drug-likeness (QED) is 0.630. The van der Waals surface area contributed by atoms with Gasteiger partial charge in [0.1, 0.15) is 0 Å². The van der Waals surface area contributed by atoms with E-state index in [0.717, 1.165) is 12.8 Å². The number of allylic oxidation sites excluding steroid dienone is 1. The van der Waals surface area contributed by atoms with E-state index in [1.165, 1.54) is 12.5 Å². The van der Waals surface area contributed by atoms with Crippen LogP contribution in [-0.4, -0.2) is 5.97 Å². The molecule has 0 spiro atoms. The van der Waals surface area contributed by atoms with Crippen molar-refractivity contribution in [1.29, 1.82) is 0 Å². The summed E-state index contributed by atoms with van der Waals surface area (Å²) in [6.45, 7) is 6.74. The van der Waals surface area contributed by atoms with E-state index < -0.39 is 5.97 Å². The molecule has 0 radical (unpaired) electrons. The van der Waals surface area contributed by atoms with Crippen LogP contribution in [0.15, 0.2) is 12.2 Å². The molecular formula is C12H19O2-. The average Bonchev–Trinajstić information content (AvgIpc) is 1.96. The van der Waals surface area contributed by atoms with Crippen LogP contribution >= 0.6 is 0 Å². The third-order valence-corrected chi connectivity index (χ3v) is 2.93. The van der Waals surface area contributed by atoms with Gasteiger partial charge in [0.2, 0.25) is 0 Å². The highest BCUT2D eigenvalue weighted by Gasteiger charge is 2.30. The van der Waals surface area contributed by atoms with Gasteiger partial charge in [-0.2, -0.15) is 0 Å². The number of aliphatic carboxylic acids is 1. The third kappa shape index (κ3) is 3.52. The second kappa shape index (κ2) is 4.16. The number of carbonyl (C=O) groups is 1. The van der Waals surface area contributed by atoms with Gasteiger partial charge >= 0.3 is 0 Å². The van der Waals surface area contributed by atoms with E-state index in [2.05, 4.69) is 20.8 Å². The Bertz CT molecular complexity index is 241. The van der Waals surface area contributed by atoms with Crippen molar-refractivity contribution in [3.05, 3.63) is 12.2 Å². The third-order valence-electron chi connectivity index (χ3n) is 2.93. The monoisotopic (exact) mass is 195 g/mol. The molecule has 0 aromatic carbocycles. The summed E-state index contributed by atoms with van der Waals surface area (Å²) in [6, 6.07) is 0. The molecule has 0 bridgehead atoms. The standard InChI is InChI=1S/C12H20O2/c1-9-6-10(4-5-11(13)14)8-12(2,3)7-9/h4-5,9-10H,6-8H2,1-3H3,(H,13,14)/p-1/b5-4+. The first kappa shape index (κ1) is 11.3. The van der Waals surface area contributed by atoms with Gasteiger partial charge in [-0.1, -0.05) is 26.8 Å². The minimum Gasteiger partial charge on any atom is -0.545 e. The first-order valence-electron chi connectivity index (χ1n) is 5.28. The van der Waals surface area contributed by atoms with Crippen LogP contribution in [0.25, 0.3) is 0 Å². The van der Waals surface area contributed by atoms with Crippen LogP contribution in [0.5, 0.6) is 0 Å². The van der Waals surface area contributed by atoms with Crippen LogP contribution < -0.4 is 5.11 Å². The maximum Gasteiger partial charge on any atom is 0.0639 e. The van der Waals surface area contributed by atoms with Crippen molar-refractivity contribution in [2.75, 3.05) is 0 Å². The van der Waals surface area contributed by atoms with E-state index in [1.54, 1.807) is 6.08 Å². The predicted octanol–water partition coefficient (Wildman–Crippen LogP) is 1.75. The summed E-state index contributed by atoms with van der Waals surface area (Å²) in [5.74, 6) is 0.0165. The Morgan fingerprint density at radius 2 is 2.07 bits per heavy atom. The normalized spacial score (nSPS) is 31.9. The first-order chi connectivity index (χ1) is 6.39. The lowest BCUT2D eigenvalue weighted by molar-refractivity contribution is -0.297. The number of hydrogen-bond acceptors (Lipinski definition) is 2. The Kier molecular flexibility index (Phi) is 3.35. The summed E-state index contributed by atoms with van der Waals surface area (Å²) in [7, 11) is 0. The van der Waals surface area contributed by atoms with Crippen molar-refractivity contribution < 1.29 is 9.90 Å². The van der Waals surface area contributed by atoms with Crippen LogP contribution in [0.2, 0.25) is 0 Å². The molecule has 0 aromatic heterocycles. The first-order valence-corrected chi connectivity index (χ1v) is 5.28. The molecule has 1 fully saturated rings. The van der Waals surface area contributed by atoms with E-state index in [1.807, 2.05) is 0 Å². The Morgan fingerprint density at radius 1 is 1.43 bits per heavy atom. The summed E-state index contributed by atoms with van der Waals surface area (Å²) in [6.07, 6.45) is 6.41. The lowest BCUT2D eigenvalue weighted by Crippen LogP contribution is -2.27. The van der Waals surface area contributed by atoms with Crippen LogP contribution in [-0.2, 0) is 4.79 Å². The molecule has 1 rings (SSSR count). The summed E-state index contributed by atoms with van der Waals surface area (Å²) in [5, 5.41) is 10.3. The average molecular weight is 195 g/mol. The minimum absolute atomic E-state index is 0.346. The number of carbonyl (C=O) groups excluding carboxylic acids is 1. The van der Waals surface area contributed by atoms with Crippen LogP contribution in [0.3, 0.4) is 0 Å². The molecular weight excluding hydrogens is 176 g/mol. The molecule has 0 aromatic rings. The lowest BCUT2D eigenvalue weighted by Gasteiger charge is -2.37. The zero-order valence-electron chi connectivity index (χ0n) is 9.25. The molecule has 2 nitrogen and oxygen atoms in total. The van der Waals surface area contributed by atoms with Crippen molar-refractivity contribution in [1.82, 2.24) is 0 Å². The largest absolute Gasteiger partial charge is 0.545 e. The van der Waals surface area contributed by atoms with Gasteiger partial charge in [0.05, 0.1) is 5.97 Å². The zero-order valence-corrected chi connectivity index (χ0v) is 9.25. The molecule has 2 heteroatoms. The molecule has 0 saturated heterocycles. The van der Waals surface area contributed by atoms with E-state index in [0.29, 0.717) is 17.3 Å². The Labute approximate surface area is 86.0 Å². The minimum atomic E-state index is -1.08. The number of carboxylic acids is 1. The van der Waals surface area contributed by atoms with Crippen molar-refractivity contribution in [2.24, 2.45) is 17.3 Å². The molecule has 0 aliphatic heterocycles. The van der Waals surface area contributed by atoms with Crippen molar-refractivity contribution >= 4 is 5.97 Å². The molecule has 1 aliphatic carbocycles. The van der Waals surface area contributed by atoms with Crippen LogP contribution in [0, 0.1) is 17.3 Å².